The van der Waals surface area contributed by atoms with Gasteiger partial charge in [0.1, 0.15) is 5.82 Å². The Morgan fingerprint density at radius 1 is 1.15 bits per heavy atom. The summed E-state index contributed by atoms with van der Waals surface area (Å²) in [5, 5.41) is 5.38. The average Bonchev–Trinajstić information content (AvgIpc) is 3.12. The van der Waals surface area contributed by atoms with Gasteiger partial charge >= 0.3 is 0 Å². The van der Waals surface area contributed by atoms with Crippen molar-refractivity contribution in [3.05, 3.63) is 58.0 Å². The fraction of sp³-hybridized carbons (Fsp3) is 0.500. The zero-order chi connectivity index (χ0) is 18.6. The molecule has 2 nitrogen and oxygen atoms in total. The van der Waals surface area contributed by atoms with Gasteiger partial charge in [-0.25, -0.2) is 4.39 Å². The SMILES string of the molecule is O=C(N[C@H](c1ccc(F)cc1)c1cccs1)C12C[C@H]3C[C@@H](CC(Br)(C3)C1)C2. The summed E-state index contributed by atoms with van der Waals surface area (Å²) >= 11 is 5.63. The van der Waals surface area contributed by atoms with Gasteiger partial charge in [-0.15, -0.1) is 11.3 Å². The van der Waals surface area contributed by atoms with Crippen LogP contribution in [0.5, 0.6) is 0 Å². The average molecular weight is 448 g/mol. The number of benzene rings is 1. The summed E-state index contributed by atoms with van der Waals surface area (Å²) < 4.78 is 13.6. The smallest absolute Gasteiger partial charge is 0.227 e. The predicted molar refractivity (Wildman–Crippen MR) is 109 cm³/mol. The van der Waals surface area contributed by atoms with Crippen molar-refractivity contribution in [3.8, 4) is 0 Å². The number of nitrogens with one attached hydrogen (secondary N) is 1. The van der Waals surface area contributed by atoms with Gasteiger partial charge in [-0.3, -0.25) is 4.79 Å². The van der Waals surface area contributed by atoms with E-state index in [2.05, 4.69) is 21.2 Å². The van der Waals surface area contributed by atoms with Crippen LogP contribution in [0.3, 0.4) is 0 Å². The fourth-order valence-electron chi connectivity index (χ4n) is 6.13. The molecule has 3 atom stereocenters. The second-order valence-electron chi connectivity index (χ2n) is 8.87. The molecule has 1 amide bonds. The molecule has 0 unspecified atom stereocenters. The van der Waals surface area contributed by atoms with E-state index in [0.29, 0.717) is 11.8 Å². The Labute approximate surface area is 171 Å². The Morgan fingerprint density at radius 3 is 2.44 bits per heavy atom. The molecule has 0 spiro atoms. The number of alkyl halides is 1. The van der Waals surface area contributed by atoms with Crippen LogP contribution in [-0.2, 0) is 4.79 Å². The molecule has 27 heavy (non-hydrogen) atoms. The third-order valence-corrected chi connectivity index (χ3v) is 8.64. The molecular formula is C22H23BrFNOS. The molecule has 4 aliphatic rings. The largest absolute Gasteiger partial charge is 0.344 e. The molecule has 5 heteroatoms. The number of carbonyl (C=O) groups is 1. The molecule has 4 aliphatic carbocycles. The zero-order valence-corrected chi connectivity index (χ0v) is 17.5. The van der Waals surface area contributed by atoms with Gasteiger partial charge in [-0.05, 0) is 79.5 Å². The third kappa shape index (κ3) is 3.17. The van der Waals surface area contributed by atoms with Gasteiger partial charge < -0.3 is 5.32 Å². The molecule has 1 N–H and O–H groups in total. The number of thiophene rings is 1. The quantitative estimate of drug-likeness (QED) is 0.587. The Hall–Kier alpha value is -1.20. The van der Waals surface area contributed by atoms with Crippen molar-refractivity contribution < 1.29 is 9.18 Å². The van der Waals surface area contributed by atoms with Gasteiger partial charge in [0.2, 0.25) is 5.91 Å². The summed E-state index contributed by atoms with van der Waals surface area (Å²) in [7, 11) is 0. The summed E-state index contributed by atoms with van der Waals surface area (Å²) in [6.07, 6.45) is 6.69. The maximum absolute atomic E-state index is 13.6. The van der Waals surface area contributed by atoms with Crippen molar-refractivity contribution in [2.24, 2.45) is 17.3 Å². The zero-order valence-electron chi connectivity index (χ0n) is 15.1. The van der Waals surface area contributed by atoms with E-state index in [1.165, 1.54) is 31.4 Å². The van der Waals surface area contributed by atoms with Crippen LogP contribution in [0, 0.1) is 23.1 Å². The molecular weight excluding hydrogens is 425 g/mol. The van der Waals surface area contributed by atoms with Gasteiger partial charge in [0.05, 0.1) is 11.5 Å². The van der Waals surface area contributed by atoms with E-state index in [-0.39, 0.29) is 27.5 Å². The predicted octanol–water partition coefficient (Wildman–Crippen LogP) is 5.83. The first-order valence-corrected chi connectivity index (χ1v) is 11.4. The molecule has 6 rings (SSSR count). The normalized spacial score (nSPS) is 35.2. The van der Waals surface area contributed by atoms with Gasteiger partial charge in [-0.1, -0.05) is 34.1 Å². The highest BCUT2D eigenvalue weighted by Gasteiger charge is 2.59. The molecule has 1 heterocycles. The Kier molecular flexibility index (Phi) is 4.24. The lowest BCUT2D eigenvalue weighted by atomic mass is 9.49. The van der Waals surface area contributed by atoms with Crippen molar-refractivity contribution in [1.29, 1.82) is 0 Å². The van der Waals surface area contributed by atoms with Gasteiger partial charge in [0.15, 0.2) is 0 Å². The Morgan fingerprint density at radius 2 is 1.85 bits per heavy atom. The lowest BCUT2D eigenvalue weighted by Crippen LogP contribution is -2.58. The summed E-state index contributed by atoms with van der Waals surface area (Å²) in [5.74, 6) is 1.27. The number of carbonyl (C=O) groups excluding carboxylic acids is 1. The molecule has 0 saturated heterocycles. The van der Waals surface area contributed by atoms with E-state index < -0.39 is 0 Å². The van der Waals surface area contributed by atoms with Crippen molar-refractivity contribution in [3.63, 3.8) is 0 Å². The first-order valence-electron chi connectivity index (χ1n) is 9.74. The van der Waals surface area contributed by atoms with E-state index in [0.717, 1.165) is 29.7 Å². The minimum atomic E-state index is -0.252. The number of rotatable bonds is 4. The highest BCUT2D eigenvalue weighted by atomic mass is 79.9. The second-order valence-corrected chi connectivity index (χ2v) is 11.5. The van der Waals surface area contributed by atoms with Crippen LogP contribution in [0.25, 0.3) is 0 Å². The Balaban J connectivity index is 1.45. The van der Waals surface area contributed by atoms with Crippen LogP contribution in [-0.4, -0.2) is 10.2 Å². The number of halogens is 2. The monoisotopic (exact) mass is 447 g/mol. The standard InChI is InChI=1S/C22H23BrFNOS/c23-22-11-14-8-15(12-22)10-21(9-14,13-22)20(26)25-19(18-2-1-7-27-18)16-3-5-17(24)6-4-16/h1-7,14-15,19H,8-13H2,(H,25,26)/t14-,15-,19-,21?,22?/m1/s1. The molecule has 0 aliphatic heterocycles. The van der Waals surface area contributed by atoms with Crippen LogP contribution in [0.1, 0.15) is 55.0 Å². The summed E-state index contributed by atoms with van der Waals surface area (Å²) in [4.78, 5) is 14.7. The van der Waals surface area contributed by atoms with E-state index in [1.807, 2.05) is 17.5 Å². The molecule has 1 aromatic carbocycles. The molecule has 4 fully saturated rings. The molecule has 0 radical (unpaired) electrons. The molecule has 2 aromatic rings. The van der Waals surface area contributed by atoms with Gasteiger partial charge in [0, 0.05) is 9.20 Å². The lowest BCUT2D eigenvalue weighted by Gasteiger charge is -2.59. The van der Waals surface area contributed by atoms with Crippen LogP contribution < -0.4 is 5.32 Å². The topological polar surface area (TPSA) is 29.1 Å². The van der Waals surface area contributed by atoms with Crippen molar-refractivity contribution in [2.75, 3.05) is 0 Å². The van der Waals surface area contributed by atoms with Gasteiger partial charge in [0.25, 0.3) is 0 Å². The third-order valence-electron chi connectivity index (χ3n) is 6.78. The number of hydrogen-bond acceptors (Lipinski definition) is 2. The van der Waals surface area contributed by atoms with E-state index >= 15 is 0 Å². The first kappa shape index (κ1) is 17.9. The summed E-state index contributed by atoms with van der Waals surface area (Å²) in [5.41, 5.74) is 0.689. The minimum absolute atomic E-state index is 0.155. The van der Waals surface area contributed by atoms with Crippen LogP contribution in [0.2, 0.25) is 0 Å². The molecule has 4 saturated carbocycles. The number of hydrogen-bond donors (Lipinski definition) is 1. The molecule has 4 bridgehead atoms. The molecule has 142 valence electrons. The maximum Gasteiger partial charge on any atom is 0.227 e. The van der Waals surface area contributed by atoms with Gasteiger partial charge in [-0.2, -0.15) is 0 Å². The van der Waals surface area contributed by atoms with Crippen molar-refractivity contribution in [1.82, 2.24) is 5.32 Å². The van der Waals surface area contributed by atoms with Crippen LogP contribution in [0.4, 0.5) is 4.39 Å². The second kappa shape index (κ2) is 6.41. The van der Waals surface area contributed by atoms with Crippen molar-refractivity contribution >= 4 is 33.2 Å². The first-order chi connectivity index (χ1) is 12.9. The number of amides is 1. The summed E-state index contributed by atoms with van der Waals surface area (Å²) in [6, 6.07) is 10.3. The highest BCUT2D eigenvalue weighted by Crippen LogP contribution is 2.64. The van der Waals surface area contributed by atoms with Crippen LogP contribution in [0.15, 0.2) is 41.8 Å². The molecule has 1 aromatic heterocycles. The van der Waals surface area contributed by atoms with Crippen molar-refractivity contribution in [2.45, 2.75) is 48.9 Å². The van der Waals surface area contributed by atoms with E-state index in [4.69, 9.17) is 0 Å². The van der Waals surface area contributed by atoms with E-state index in [9.17, 15) is 9.18 Å². The summed E-state index contributed by atoms with van der Waals surface area (Å²) in [6.45, 7) is 0. The van der Waals surface area contributed by atoms with E-state index in [1.54, 1.807) is 23.5 Å². The fourth-order valence-corrected chi connectivity index (χ4v) is 8.38. The maximum atomic E-state index is 13.6. The lowest BCUT2D eigenvalue weighted by molar-refractivity contribution is -0.144. The minimum Gasteiger partial charge on any atom is -0.344 e. The van der Waals surface area contributed by atoms with Crippen LogP contribution >= 0.6 is 27.3 Å². The highest BCUT2D eigenvalue weighted by molar-refractivity contribution is 9.10. The Bertz CT molecular complexity index is 836.